The highest BCUT2D eigenvalue weighted by Gasteiger charge is 2.16. The second-order valence-corrected chi connectivity index (χ2v) is 3.71. The summed E-state index contributed by atoms with van der Waals surface area (Å²) >= 11 is 0. The van der Waals surface area contributed by atoms with E-state index in [4.69, 9.17) is 14.8 Å². The molecule has 0 aliphatic rings. The molecule has 2 N–H and O–H groups in total. The third-order valence-electron chi connectivity index (χ3n) is 2.38. The molecule has 0 unspecified atom stereocenters. The van der Waals surface area contributed by atoms with Crippen LogP contribution in [0.15, 0.2) is 42.7 Å². The fraction of sp³-hybridized carbons (Fsp3) is 0.0833. The summed E-state index contributed by atoms with van der Waals surface area (Å²) < 4.78 is 18.8. The Labute approximate surface area is 104 Å². The minimum absolute atomic E-state index is 0.177. The number of halogens is 1. The highest BCUT2D eigenvalue weighted by Crippen LogP contribution is 2.13. The summed E-state index contributed by atoms with van der Waals surface area (Å²) in [5.41, 5.74) is 0.688. The van der Waals surface area contributed by atoms with E-state index < -0.39 is 12.9 Å². The maximum absolute atomic E-state index is 13.4. The fourth-order valence-electron chi connectivity index (χ4n) is 1.46. The third-order valence-corrected chi connectivity index (χ3v) is 2.38. The number of pyridine rings is 1. The van der Waals surface area contributed by atoms with Crippen molar-refractivity contribution in [1.29, 1.82) is 0 Å². The quantitative estimate of drug-likeness (QED) is 0.771. The second kappa shape index (κ2) is 5.62. The average molecular weight is 247 g/mol. The highest BCUT2D eigenvalue weighted by atomic mass is 19.1. The van der Waals surface area contributed by atoms with Crippen LogP contribution in [0.5, 0.6) is 5.75 Å². The van der Waals surface area contributed by atoms with Crippen LogP contribution in [-0.4, -0.2) is 22.2 Å². The van der Waals surface area contributed by atoms with Gasteiger partial charge in [-0.25, -0.2) is 4.39 Å². The molecule has 0 saturated carbocycles. The molecule has 0 bridgehead atoms. The molecule has 2 rings (SSSR count). The lowest BCUT2D eigenvalue weighted by molar-refractivity contribution is 0.304. The lowest BCUT2D eigenvalue weighted by Crippen LogP contribution is -2.32. The molecule has 18 heavy (non-hydrogen) atoms. The van der Waals surface area contributed by atoms with E-state index in [1.165, 1.54) is 12.1 Å². The van der Waals surface area contributed by atoms with E-state index in [-0.39, 0.29) is 12.1 Å². The topological polar surface area (TPSA) is 62.6 Å². The molecule has 1 aromatic heterocycles. The number of hydrogen-bond acceptors (Lipinski definition) is 4. The van der Waals surface area contributed by atoms with Crippen LogP contribution in [0.4, 0.5) is 4.39 Å². The Bertz CT molecular complexity index is 522. The summed E-state index contributed by atoms with van der Waals surface area (Å²) in [5, 5.41) is 17.7. The molecule has 1 aromatic carbocycles. The van der Waals surface area contributed by atoms with Crippen LogP contribution in [-0.2, 0) is 6.61 Å². The third kappa shape index (κ3) is 3.06. The van der Waals surface area contributed by atoms with Gasteiger partial charge in [0, 0.05) is 29.5 Å². The zero-order chi connectivity index (χ0) is 13.0. The van der Waals surface area contributed by atoms with Gasteiger partial charge in [-0.15, -0.1) is 0 Å². The molecule has 4 nitrogen and oxygen atoms in total. The van der Waals surface area contributed by atoms with Crippen LogP contribution in [0.1, 0.15) is 5.56 Å². The van der Waals surface area contributed by atoms with Crippen LogP contribution in [0.3, 0.4) is 0 Å². The van der Waals surface area contributed by atoms with Crippen molar-refractivity contribution in [3.63, 3.8) is 0 Å². The Morgan fingerprint density at radius 1 is 1.28 bits per heavy atom. The smallest absolute Gasteiger partial charge is 0.489 e. The van der Waals surface area contributed by atoms with Gasteiger partial charge in [-0.05, 0) is 12.1 Å². The van der Waals surface area contributed by atoms with Gasteiger partial charge in [0.2, 0.25) is 0 Å². The normalized spacial score (nSPS) is 10.2. The minimum atomic E-state index is -1.82. The summed E-state index contributed by atoms with van der Waals surface area (Å²) in [5.74, 6) is -0.394. The molecule has 2 aromatic rings. The molecule has 92 valence electrons. The van der Waals surface area contributed by atoms with E-state index in [2.05, 4.69) is 4.98 Å². The van der Waals surface area contributed by atoms with Gasteiger partial charge < -0.3 is 14.8 Å². The number of rotatable bonds is 4. The van der Waals surface area contributed by atoms with Crippen LogP contribution < -0.4 is 10.2 Å². The Morgan fingerprint density at radius 2 is 2.11 bits per heavy atom. The minimum Gasteiger partial charge on any atom is -0.489 e. The maximum atomic E-state index is 13.4. The van der Waals surface area contributed by atoms with E-state index in [1.807, 2.05) is 6.07 Å². The molecule has 0 aliphatic carbocycles. The number of aromatic nitrogens is 1. The van der Waals surface area contributed by atoms with Gasteiger partial charge in [0.15, 0.2) is 0 Å². The molecule has 0 fully saturated rings. The van der Waals surface area contributed by atoms with Gasteiger partial charge in [-0.1, -0.05) is 12.1 Å². The van der Waals surface area contributed by atoms with Crippen LogP contribution in [0.2, 0.25) is 0 Å². The van der Waals surface area contributed by atoms with Gasteiger partial charge in [0.1, 0.15) is 18.2 Å². The molecular weight excluding hydrogens is 236 g/mol. The Morgan fingerprint density at radius 3 is 2.72 bits per heavy atom. The average Bonchev–Trinajstić information content (AvgIpc) is 2.37. The predicted octanol–water partition coefficient (Wildman–Crippen LogP) is 0.479. The lowest BCUT2D eigenvalue weighted by atomic mass is 9.80. The first kappa shape index (κ1) is 12.5. The van der Waals surface area contributed by atoms with Crippen molar-refractivity contribution in [2.24, 2.45) is 0 Å². The Kier molecular flexibility index (Phi) is 3.91. The van der Waals surface area contributed by atoms with Gasteiger partial charge >= 0.3 is 7.12 Å². The van der Waals surface area contributed by atoms with Crippen molar-refractivity contribution in [1.82, 2.24) is 4.98 Å². The Balaban J connectivity index is 2.05. The first-order valence-corrected chi connectivity index (χ1v) is 5.34. The van der Waals surface area contributed by atoms with Crippen molar-refractivity contribution in [2.45, 2.75) is 6.61 Å². The summed E-state index contributed by atoms with van der Waals surface area (Å²) in [6.07, 6.45) is 3.31. The van der Waals surface area contributed by atoms with Gasteiger partial charge in [-0.2, -0.15) is 0 Å². The van der Waals surface area contributed by atoms with Crippen molar-refractivity contribution >= 4 is 12.6 Å². The van der Waals surface area contributed by atoms with E-state index in [0.717, 1.165) is 11.6 Å². The standard InChI is InChI=1S/C12H11BFNO3/c14-12-6-10(3-4-11(12)13(16)17)18-8-9-2-1-5-15-7-9/h1-7,16-17H,8H2. The first-order valence-electron chi connectivity index (χ1n) is 5.34. The van der Waals surface area contributed by atoms with E-state index in [0.29, 0.717) is 5.75 Å². The van der Waals surface area contributed by atoms with Crippen molar-refractivity contribution in [3.8, 4) is 5.75 Å². The molecule has 0 radical (unpaired) electrons. The molecule has 0 atom stereocenters. The molecule has 0 amide bonds. The predicted molar refractivity (Wildman–Crippen MR) is 64.8 cm³/mol. The summed E-state index contributed by atoms with van der Waals surface area (Å²) in [6, 6.07) is 7.50. The van der Waals surface area contributed by atoms with Crippen molar-refractivity contribution in [3.05, 3.63) is 54.1 Å². The molecule has 0 saturated heterocycles. The van der Waals surface area contributed by atoms with E-state index in [9.17, 15) is 4.39 Å². The van der Waals surface area contributed by atoms with Crippen LogP contribution in [0, 0.1) is 5.82 Å². The zero-order valence-electron chi connectivity index (χ0n) is 9.45. The number of benzene rings is 1. The van der Waals surface area contributed by atoms with Crippen molar-refractivity contribution < 1.29 is 19.2 Å². The fourth-order valence-corrected chi connectivity index (χ4v) is 1.46. The SMILES string of the molecule is OB(O)c1ccc(OCc2cccnc2)cc1F. The molecular formula is C12H11BFNO3. The van der Waals surface area contributed by atoms with Crippen molar-refractivity contribution in [2.75, 3.05) is 0 Å². The number of nitrogens with zero attached hydrogens (tertiary/aromatic N) is 1. The lowest BCUT2D eigenvalue weighted by Gasteiger charge is -2.08. The summed E-state index contributed by atoms with van der Waals surface area (Å²) in [6.45, 7) is 0.272. The molecule has 0 aliphatic heterocycles. The molecule has 6 heteroatoms. The van der Waals surface area contributed by atoms with Gasteiger partial charge in [0.25, 0.3) is 0 Å². The maximum Gasteiger partial charge on any atom is 0.491 e. The molecule has 1 heterocycles. The first-order chi connectivity index (χ1) is 8.66. The summed E-state index contributed by atoms with van der Waals surface area (Å²) in [7, 11) is -1.82. The molecule has 0 spiro atoms. The van der Waals surface area contributed by atoms with E-state index in [1.54, 1.807) is 18.5 Å². The largest absolute Gasteiger partial charge is 0.491 e. The van der Waals surface area contributed by atoms with E-state index >= 15 is 0 Å². The monoisotopic (exact) mass is 247 g/mol. The highest BCUT2D eigenvalue weighted by molar-refractivity contribution is 6.58. The van der Waals surface area contributed by atoms with Crippen LogP contribution >= 0.6 is 0 Å². The zero-order valence-corrected chi connectivity index (χ0v) is 9.45. The Hall–Kier alpha value is -1.92. The van der Waals surface area contributed by atoms with Gasteiger partial charge in [-0.3, -0.25) is 4.98 Å². The van der Waals surface area contributed by atoms with Gasteiger partial charge in [0.05, 0.1) is 0 Å². The number of hydrogen-bond donors (Lipinski definition) is 2. The second-order valence-electron chi connectivity index (χ2n) is 3.71. The summed E-state index contributed by atoms with van der Waals surface area (Å²) in [4.78, 5) is 3.93. The number of ether oxygens (including phenoxy) is 1. The van der Waals surface area contributed by atoms with Crippen LogP contribution in [0.25, 0.3) is 0 Å².